The molecule has 2 atom stereocenters. The number of likely N-dealkylation sites (tertiary alicyclic amines) is 1. The first-order valence-electron chi connectivity index (χ1n) is 10.5. The number of morpholine rings is 1. The van der Waals surface area contributed by atoms with Gasteiger partial charge in [-0.25, -0.2) is 8.78 Å². The van der Waals surface area contributed by atoms with Crippen LogP contribution < -0.4 is 4.74 Å². The predicted octanol–water partition coefficient (Wildman–Crippen LogP) is 4.06. The fraction of sp³-hybridized carbons (Fsp3) is 0.435. The van der Waals surface area contributed by atoms with Gasteiger partial charge < -0.3 is 14.4 Å². The maximum atomic E-state index is 14.5. The summed E-state index contributed by atoms with van der Waals surface area (Å²) in [5.41, 5.74) is 0.125. The Hall–Kier alpha value is -2.22. The number of carbonyl (C=O) groups is 1. The summed E-state index contributed by atoms with van der Waals surface area (Å²) in [5, 5.41) is 0.470. The van der Waals surface area contributed by atoms with Crippen LogP contribution in [0.25, 0.3) is 0 Å². The Morgan fingerprint density at radius 3 is 2.61 bits per heavy atom. The Morgan fingerprint density at radius 1 is 1.06 bits per heavy atom. The van der Waals surface area contributed by atoms with Gasteiger partial charge in [0.2, 0.25) is 6.10 Å². The Morgan fingerprint density at radius 2 is 1.84 bits per heavy atom. The van der Waals surface area contributed by atoms with Gasteiger partial charge in [0.25, 0.3) is 5.91 Å². The number of ether oxygens (including phenoxy) is 2. The van der Waals surface area contributed by atoms with Gasteiger partial charge in [0.15, 0.2) is 0 Å². The van der Waals surface area contributed by atoms with Crippen molar-refractivity contribution in [1.82, 2.24) is 9.80 Å². The highest BCUT2D eigenvalue weighted by molar-refractivity contribution is 6.30. The highest BCUT2D eigenvalue weighted by atomic mass is 35.5. The molecule has 5 nitrogen and oxygen atoms in total. The molecule has 0 aliphatic carbocycles. The SMILES string of the molecule is O=C1[C@@H](Oc2cccc(Cl)c2)[C@H](c2cc(F)ccc2F)N1CCCCN1CCOCC1. The maximum Gasteiger partial charge on any atom is 0.266 e. The second-order valence-electron chi connectivity index (χ2n) is 7.80. The molecule has 0 spiro atoms. The van der Waals surface area contributed by atoms with Gasteiger partial charge in [-0.3, -0.25) is 9.69 Å². The summed E-state index contributed by atoms with van der Waals surface area (Å²) < 4.78 is 39.6. The summed E-state index contributed by atoms with van der Waals surface area (Å²) in [4.78, 5) is 16.8. The van der Waals surface area contributed by atoms with Crippen LogP contribution in [0, 0.1) is 11.6 Å². The van der Waals surface area contributed by atoms with E-state index in [9.17, 15) is 13.6 Å². The molecule has 2 heterocycles. The Bertz CT molecular complexity index is 923. The summed E-state index contributed by atoms with van der Waals surface area (Å²) in [6.07, 6.45) is 0.747. The molecule has 0 N–H and O–H groups in total. The molecule has 2 fully saturated rings. The van der Waals surface area contributed by atoms with Gasteiger partial charge in [0, 0.05) is 30.2 Å². The molecule has 0 unspecified atom stereocenters. The van der Waals surface area contributed by atoms with Gasteiger partial charge in [-0.2, -0.15) is 0 Å². The number of hydrogen-bond donors (Lipinski definition) is 0. The fourth-order valence-corrected chi connectivity index (χ4v) is 4.26. The molecule has 8 heteroatoms. The molecule has 2 aromatic carbocycles. The number of unbranched alkanes of at least 4 members (excludes halogenated alkanes) is 1. The van der Waals surface area contributed by atoms with Gasteiger partial charge in [-0.1, -0.05) is 17.7 Å². The van der Waals surface area contributed by atoms with E-state index in [1.54, 1.807) is 29.2 Å². The summed E-state index contributed by atoms with van der Waals surface area (Å²) in [7, 11) is 0. The van der Waals surface area contributed by atoms with E-state index in [1.165, 1.54) is 0 Å². The zero-order valence-electron chi connectivity index (χ0n) is 17.1. The number of rotatable bonds is 8. The third-order valence-electron chi connectivity index (χ3n) is 5.71. The van der Waals surface area contributed by atoms with Crippen LogP contribution in [0.15, 0.2) is 42.5 Å². The minimum absolute atomic E-state index is 0.125. The minimum Gasteiger partial charge on any atom is -0.478 e. The highest BCUT2D eigenvalue weighted by Gasteiger charge is 2.50. The van der Waals surface area contributed by atoms with Crippen molar-refractivity contribution < 1.29 is 23.0 Å². The van der Waals surface area contributed by atoms with Crippen molar-refractivity contribution in [3.05, 3.63) is 64.7 Å². The van der Waals surface area contributed by atoms with Crippen LogP contribution in [0.4, 0.5) is 8.78 Å². The molecular weight excluding hydrogens is 426 g/mol. The van der Waals surface area contributed by atoms with Crippen molar-refractivity contribution >= 4 is 17.5 Å². The monoisotopic (exact) mass is 450 g/mol. The van der Waals surface area contributed by atoms with Crippen molar-refractivity contribution in [2.24, 2.45) is 0 Å². The summed E-state index contributed by atoms with van der Waals surface area (Å²) >= 11 is 6.01. The van der Waals surface area contributed by atoms with Crippen molar-refractivity contribution in [3.8, 4) is 5.75 Å². The lowest BCUT2D eigenvalue weighted by atomic mass is 9.89. The molecule has 0 saturated carbocycles. The van der Waals surface area contributed by atoms with Crippen molar-refractivity contribution in [2.75, 3.05) is 39.4 Å². The smallest absolute Gasteiger partial charge is 0.266 e. The van der Waals surface area contributed by atoms with Crippen LogP contribution >= 0.6 is 11.6 Å². The van der Waals surface area contributed by atoms with Crippen LogP contribution in [0.1, 0.15) is 24.4 Å². The lowest BCUT2D eigenvalue weighted by molar-refractivity contribution is -0.164. The second-order valence-corrected chi connectivity index (χ2v) is 8.24. The third-order valence-corrected chi connectivity index (χ3v) is 5.95. The van der Waals surface area contributed by atoms with Crippen molar-refractivity contribution in [3.63, 3.8) is 0 Å². The first-order valence-corrected chi connectivity index (χ1v) is 10.9. The number of benzene rings is 2. The van der Waals surface area contributed by atoms with Crippen molar-refractivity contribution in [1.29, 1.82) is 0 Å². The van der Waals surface area contributed by atoms with Gasteiger partial charge in [-0.05, 0) is 55.8 Å². The zero-order chi connectivity index (χ0) is 21.8. The largest absolute Gasteiger partial charge is 0.478 e. The van der Waals surface area contributed by atoms with Crippen molar-refractivity contribution in [2.45, 2.75) is 25.0 Å². The summed E-state index contributed by atoms with van der Waals surface area (Å²) in [5.74, 6) is -0.930. The Balaban J connectivity index is 1.44. The number of carbonyl (C=O) groups excluding carboxylic acids is 1. The molecule has 2 aliphatic heterocycles. The summed E-state index contributed by atoms with van der Waals surface area (Å²) in [6.45, 7) is 4.69. The van der Waals surface area contributed by atoms with E-state index in [2.05, 4.69) is 4.90 Å². The first kappa shape index (κ1) is 22.0. The molecule has 31 heavy (non-hydrogen) atoms. The Labute approximate surface area is 185 Å². The van der Waals surface area contributed by atoms with Gasteiger partial charge in [-0.15, -0.1) is 0 Å². The standard InChI is InChI=1S/C23H25ClF2N2O3/c24-16-4-3-5-18(14-16)31-22-21(19-15-17(25)6-7-20(19)26)28(23(22)29)9-2-1-8-27-10-12-30-13-11-27/h3-7,14-15,21-22H,1-2,8-13H2/t21-,22-/m0/s1. The first-order chi connectivity index (χ1) is 15.0. The molecule has 2 saturated heterocycles. The zero-order valence-corrected chi connectivity index (χ0v) is 17.9. The molecule has 166 valence electrons. The van der Waals surface area contributed by atoms with E-state index in [0.717, 1.165) is 63.9 Å². The van der Waals surface area contributed by atoms with Crippen LogP contribution in [0.2, 0.25) is 5.02 Å². The minimum atomic E-state index is -0.922. The van der Waals surface area contributed by atoms with E-state index in [1.807, 2.05) is 0 Å². The van der Waals surface area contributed by atoms with E-state index in [-0.39, 0.29) is 11.5 Å². The summed E-state index contributed by atoms with van der Waals surface area (Å²) in [6, 6.07) is 9.29. The van der Waals surface area contributed by atoms with E-state index in [0.29, 0.717) is 17.3 Å². The number of β-lactam (4-membered cyclic amide) rings is 1. The number of hydrogen-bond acceptors (Lipinski definition) is 4. The van der Waals surface area contributed by atoms with E-state index in [4.69, 9.17) is 21.1 Å². The third kappa shape index (κ3) is 5.17. The second kappa shape index (κ2) is 9.94. The van der Waals surface area contributed by atoms with E-state index < -0.39 is 23.8 Å². The molecule has 1 amide bonds. The fourth-order valence-electron chi connectivity index (χ4n) is 4.08. The van der Waals surface area contributed by atoms with Crippen LogP contribution in [-0.2, 0) is 9.53 Å². The highest BCUT2D eigenvalue weighted by Crippen LogP contribution is 2.39. The predicted molar refractivity (Wildman–Crippen MR) is 113 cm³/mol. The molecule has 2 aliphatic rings. The number of halogens is 3. The van der Waals surface area contributed by atoms with Gasteiger partial charge in [0.05, 0.1) is 13.2 Å². The van der Waals surface area contributed by atoms with Gasteiger partial charge in [0.1, 0.15) is 23.4 Å². The molecule has 2 aromatic rings. The number of amides is 1. The lowest BCUT2D eigenvalue weighted by Gasteiger charge is -2.47. The van der Waals surface area contributed by atoms with Crippen LogP contribution in [0.3, 0.4) is 0 Å². The molecular formula is C23H25ClF2N2O3. The van der Waals surface area contributed by atoms with Gasteiger partial charge >= 0.3 is 0 Å². The lowest BCUT2D eigenvalue weighted by Crippen LogP contribution is -2.61. The average Bonchev–Trinajstić information content (AvgIpc) is 2.77. The maximum absolute atomic E-state index is 14.5. The van der Waals surface area contributed by atoms with Crippen LogP contribution in [0.5, 0.6) is 5.75 Å². The van der Waals surface area contributed by atoms with E-state index >= 15 is 0 Å². The molecule has 4 rings (SSSR count). The quantitative estimate of drug-likeness (QED) is 0.449. The topological polar surface area (TPSA) is 42.0 Å². The van der Waals surface area contributed by atoms with Crippen LogP contribution in [-0.4, -0.2) is 61.2 Å². The number of nitrogens with zero attached hydrogens (tertiary/aromatic N) is 2. The average molecular weight is 451 g/mol. The molecule has 0 bridgehead atoms. The normalized spacial score (nSPS) is 21.8. The molecule has 0 aromatic heterocycles. The molecule has 0 radical (unpaired) electrons. The Kier molecular flexibility index (Phi) is 7.05.